The van der Waals surface area contributed by atoms with Crippen molar-refractivity contribution < 1.29 is 88.6 Å². The van der Waals surface area contributed by atoms with Crippen LogP contribution in [0.25, 0.3) is 0 Å². The zero-order valence-electron chi connectivity index (χ0n) is 51.5. The van der Waals surface area contributed by atoms with Crippen LogP contribution in [0.2, 0.25) is 0 Å². The predicted molar refractivity (Wildman–Crippen MR) is 390 cm³/mol. The second kappa shape index (κ2) is 49.2. The minimum Gasteiger partial charge on any atom is -1.00 e. The summed E-state index contributed by atoms with van der Waals surface area (Å²) >= 11 is 0. The van der Waals surface area contributed by atoms with Crippen LogP contribution < -0.4 is 113 Å². The molecule has 0 aliphatic rings. The Morgan fingerprint density at radius 3 is 0.233 bits per heavy atom. The Kier molecular flexibility index (Phi) is 45.8. The minimum atomic E-state index is -0.171. The molecule has 12 heteroatoms. The van der Waals surface area contributed by atoms with Gasteiger partial charge in [0.1, 0.15) is 0 Å². The molecule has 0 fully saturated rings. The molecule has 0 radical (unpaired) electrons. The Morgan fingerprint density at radius 1 is 0.122 bits per heavy atom. The molecule has 0 saturated heterocycles. The molecule has 0 saturated carbocycles. The van der Waals surface area contributed by atoms with Crippen molar-refractivity contribution >= 4 is 111 Å². The van der Waals surface area contributed by atoms with Crippen molar-refractivity contribution in [3.63, 3.8) is 0 Å². The summed E-state index contributed by atoms with van der Waals surface area (Å²) in [5, 5.41) is 17.3. The molecule has 0 aliphatic heterocycles. The third-order valence-corrected chi connectivity index (χ3v) is 26.6. The molecule has 12 aromatic rings. The van der Waals surface area contributed by atoms with Gasteiger partial charge in [-0.05, 0) is 151 Å². The standard InChI is InChI=1S/6C13H13P.4ClH.2Ru/c6*1-14(12-8-4-2-5-9-12)13-10-6-3-7-11-13;;;;;;/h6*2-11H,1H3;4*1H;;/q;;;;;;;;;;2*+2/p-4. The zero-order valence-corrected chi connectivity index (χ0v) is 63.4. The number of benzene rings is 12. The Morgan fingerprint density at radius 2 is 0.178 bits per heavy atom. The van der Waals surface area contributed by atoms with Gasteiger partial charge in [0.25, 0.3) is 0 Å². The summed E-state index contributed by atoms with van der Waals surface area (Å²) in [5.74, 6) is 0. The van der Waals surface area contributed by atoms with Gasteiger partial charge in [-0.3, -0.25) is 0 Å². The maximum absolute atomic E-state index is 2.31. The van der Waals surface area contributed by atoms with Gasteiger partial charge in [-0.25, -0.2) is 0 Å². The van der Waals surface area contributed by atoms with E-state index in [4.69, 9.17) is 0 Å². The van der Waals surface area contributed by atoms with Crippen LogP contribution >= 0.6 is 47.5 Å². The van der Waals surface area contributed by atoms with Gasteiger partial charge in [-0.15, -0.1) is 0 Å². The number of halogens is 4. The molecule has 12 rings (SSSR count). The van der Waals surface area contributed by atoms with Crippen molar-refractivity contribution in [2.45, 2.75) is 0 Å². The summed E-state index contributed by atoms with van der Waals surface area (Å²) < 4.78 is 0. The number of rotatable bonds is 12. The Hall–Kier alpha value is -4.37. The third kappa shape index (κ3) is 29.3. The maximum atomic E-state index is 2.31. The van der Waals surface area contributed by atoms with Gasteiger partial charge in [0, 0.05) is 0 Å². The minimum absolute atomic E-state index is 0. The molecule has 0 aromatic heterocycles. The van der Waals surface area contributed by atoms with Crippen molar-refractivity contribution in [2.24, 2.45) is 0 Å². The number of hydrogen-bond acceptors (Lipinski definition) is 0. The Bertz CT molecular complexity index is 2710. The predicted octanol–water partition coefficient (Wildman–Crippen LogP) is 4.51. The maximum Gasteiger partial charge on any atom is 2.00 e. The fourth-order valence-corrected chi connectivity index (χ4v) is 17.9. The summed E-state index contributed by atoms with van der Waals surface area (Å²) in [6.07, 6.45) is 0. The van der Waals surface area contributed by atoms with Gasteiger partial charge in [-0.2, -0.15) is 0 Å². The van der Waals surface area contributed by atoms with E-state index < -0.39 is 0 Å². The van der Waals surface area contributed by atoms with Crippen LogP contribution in [0.4, 0.5) is 0 Å². The third-order valence-electron chi connectivity index (χ3n) is 13.7. The van der Waals surface area contributed by atoms with Crippen molar-refractivity contribution in [3.05, 3.63) is 364 Å². The van der Waals surface area contributed by atoms with Gasteiger partial charge in [0.05, 0.1) is 0 Å². The van der Waals surface area contributed by atoms with Gasteiger partial charge in [-0.1, -0.05) is 364 Å². The Labute approximate surface area is 598 Å². The fourth-order valence-electron chi connectivity index (χ4n) is 8.71. The first kappa shape index (κ1) is 83.6. The molecule has 0 unspecified atom stereocenters. The molecular weight excluding hydrogens is 1470 g/mol. The van der Waals surface area contributed by atoms with Crippen molar-refractivity contribution in [3.8, 4) is 0 Å². The smallest absolute Gasteiger partial charge is 1.00 e. The van der Waals surface area contributed by atoms with E-state index in [0.29, 0.717) is 0 Å². The molecule has 0 atom stereocenters. The first-order valence-corrected chi connectivity index (χ1v) is 39.0. The van der Waals surface area contributed by atoms with Crippen LogP contribution in [0.3, 0.4) is 0 Å². The molecule has 0 spiro atoms. The van der Waals surface area contributed by atoms with Gasteiger partial charge < -0.3 is 49.6 Å². The molecule has 0 N–H and O–H groups in total. The quantitative estimate of drug-likeness (QED) is 0.125. The van der Waals surface area contributed by atoms with E-state index >= 15 is 0 Å². The van der Waals surface area contributed by atoms with Crippen LogP contribution in [0.1, 0.15) is 0 Å². The Balaban J connectivity index is 0.000000533. The monoisotopic (exact) mass is 1540 g/mol. The van der Waals surface area contributed by atoms with Gasteiger partial charge in [0.15, 0.2) is 0 Å². The molecule has 0 heterocycles. The van der Waals surface area contributed by atoms with E-state index in [0.717, 1.165) is 0 Å². The normalized spacial score (nSPS) is 9.73. The van der Waals surface area contributed by atoms with Crippen LogP contribution in [0, 0.1) is 0 Å². The molecule has 464 valence electrons. The zero-order chi connectivity index (χ0) is 58.8. The van der Waals surface area contributed by atoms with E-state index in [1.54, 1.807) is 0 Å². The van der Waals surface area contributed by atoms with E-state index in [9.17, 15) is 0 Å². The van der Waals surface area contributed by atoms with Crippen LogP contribution in [0.15, 0.2) is 364 Å². The molecule has 0 nitrogen and oxygen atoms in total. The van der Waals surface area contributed by atoms with Crippen LogP contribution in [-0.2, 0) is 39.0 Å². The second-order valence-corrected chi connectivity index (χ2v) is 32.3. The van der Waals surface area contributed by atoms with Crippen LogP contribution in [0.5, 0.6) is 0 Å². The van der Waals surface area contributed by atoms with Crippen molar-refractivity contribution in [1.29, 1.82) is 0 Å². The fraction of sp³-hybridized carbons (Fsp3) is 0.0769. The van der Waals surface area contributed by atoms with E-state index in [1.165, 1.54) is 63.7 Å². The summed E-state index contributed by atoms with van der Waals surface area (Å²) in [6.45, 7) is 13.8. The topological polar surface area (TPSA) is 0 Å². The largest absolute Gasteiger partial charge is 2.00 e. The summed E-state index contributed by atoms with van der Waals surface area (Å²) in [7, 11) is -1.02. The van der Waals surface area contributed by atoms with E-state index in [-0.39, 0.29) is 136 Å². The first-order chi connectivity index (χ1) is 41.3. The average molecular weight is 1550 g/mol. The van der Waals surface area contributed by atoms with Crippen molar-refractivity contribution in [2.75, 3.05) is 40.0 Å². The van der Waals surface area contributed by atoms with Crippen LogP contribution in [-0.4, -0.2) is 40.0 Å². The summed E-state index contributed by atoms with van der Waals surface area (Å²) in [5.41, 5.74) is 0. The molecule has 0 bridgehead atoms. The average Bonchev–Trinajstić information content (AvgIpc) is 3.66. The molecule has 0 aliphatic carbocycles. The number of hydrogen-bond donors (Lipinski definition) is 0. The van der Waals surface area contributed by atoms with E-state index in [2.05, 4.69) is 404 Å². The molecule has 12 aromatic carbocycles. The molecular formula is C78H78Cl4P6Ru2. The van der Waals surface area contributed by atoms with Gasteiger partial charge in [0.2, 0.25) is 0 Å². The molecule has 0 amide bonds. The summed E-state index contributed by atoms with van der Waals surface area (Å²) in [4.78, 5) is 0. The van der Waals surface area contributed by atoms with Gasteiger partial charge >= 0.3 is 39.0 Å². The second-order valence-electron chi connectivity index (χ2n) is 19.4. The SMILES string of the molecule is CP(c1ccccc1)c1ccccc1.CP(c1ccccc1)c1ccccc1.CP(c1ccccc1)c1ccccc1.CP(c1ccccc1)c1ccccc1.CP(c1ccccc1)c1ccccc1.CP(c1ccccc1)c1ccccc1.[Cl-].[Cl-].[Cl-].[Cl-].[Ru+2].[Ru+2]. The molecule has 90 heavy (non-hydrogen) atoms. The first-order valence-electron chi connectivity index (χ1n) is 28.3. The summed E-state index contributed by atoms with van der Waals surface area (Å²) in [6, 6.07) is 128. The van der Waals surface area contributed by atoms with E-state index in [1.807, 2.05) is 0 Å². The van der Waals surface area contributed by atoms with Crippen molar-refractivity contribution in [1.82, 2.24) is 0 Å².